The number of aromatic nitrogens is 2. The number of carboxylic acid groups (broad SMARTS) is 1. The molecule has 4 heterocycles. The highest BCUT2D eigenvalue weighted by molar-refractivity contribution is 7.23. The quantitative estimate of drug-likeness (QED) is 0.296. The van der Waals surface area contributed by atoms with Crippen molar-refractivity contribution in [2.75, 3.05) is 28.6 Å². The Morgan fingerprint density at radius 1 is 1.18 bits per heavy atom. The number of rotatable bonds is 7. The number of nitrogens with one attached hydrogen (secondary N) is 3. The van der Waals surface area contributed by atoms with E-state index in [9.17, 15) is 14.4 Å². The molecular weight excluding hydrogens is 536 g/mol. The Kier molecular flexibility index (Phi) is 8.62. The van der Waals surface area contributed by atoms with Crippen molar-refractivity contribution in [1.82, 2.24) is 15.3 Å². The van der Waals surface area contributed by atoms with Gasteiger partial charge in [0.25, 0.3) is 5.91 Å². The molecule has 3 amide bonds. The van der Waals surface area contributed by atoms with E-state index in [2.05, 4.69) is 25.9 Å². The van der Waals surface area contributed by atoms with Gasteiger partial charge in [-0.2, -0.15) is 0 Å². The SMILES string of the molecule is CC(C)Oc1ccnc2c(C(=O)Nc3cnccc3N3CCC[C@H](NC(=O)O)C3)c(NC(=O)OC(C)(C)C)sc12. The second-order valence-electron chi connectivity index (χ2n) is 10.7. The van der Waals surface area contributed by atoms with Gasteiger partial charge in [-0.1, -0.05) is 0 Å². The summed E-state index contributed by atoms with van der Waals surface area (Å²) in [4.78, 5) is 48.4. The van der Waals surface area contributed by atoms with Crippen LogP contribution in [0, 0.1) is 0 Å². The van der Waals surface area contributed by atoms with Crippen molar-refractivity contribution < 1.29 is 29.0 Å². The summed E-state index contributed by atoms with van der Waals surface area (Å²) >= 11 is 1.17. The molecule has 3 aromatic heterocycles. The molecule has 0 unspecified atom stereocenters. The Hall–Kier alpha value is -4.13. The number of anilines is 3. The van der Waals surface area contributed by atoms with Crippen LogP contribution < -0.4 is 25.6 Å². The highest BCUT2D eigenvalue weighted by atomic mass is 32.1. The first-order chi connectivity index (χ1) is 18.9. The number of carbonyl (C=O) groups is 3. The lowest BCUT2D eigenvalue weighted by Crippen LogP contribution is -2.47. The van der Waals surface area contributed by atoms with Crippen molar-refractivity contribution in [2.45, 2.75) is 65.2 Å². The molecule has 1 atom stereocenters. The van der Waals surface area contributed by atoms with Crippen molar-refractivity contribution in [3.63, 3.8) is 0 Å². The van der Waals surface area contributed by atoms with Crippen LogP contribution in [0.4, 0.5) is 26.0 Å². The summed E-state index contributed by atoms with van der Waals surface area (Å²) in [6.45, 7) is 10.2. The zero-order valence-electron chi connectivity index (χ0n) is 23.1. The van der Waals surface area contributed by atoms with Crippen LogP contribution >= 0.6 is 11.3 Å². The minimum atomic E-state index is -1.07. The van der Waals surface area contributed by atoms with E-state index >= 15 is 0 Å². The average Bonchev–Trinajstić information content (AvgIpc) is 3.21. The molecular formula is C27H34N6O6S. The standard InChI is InChI=1S/C27H34N6O6S/c1-15(2)38-19-9-11-29-21-20(24(40-22(19)21)32-26(37)39-27(3,4)5)23(34)31-17-13-28-10-8-18(17)33-12-6-7-16(14-33)30-25(35)36/h8-11,13,15-16,30H,6-7,12,14H2,1-5H3,(H,31,34)(H,32,37)(H,35,36)/t16-/m0/s1. The van der Waals surface area contributed by atoms with Gasteiger partial charge in [-0.05, 0) is 59.6 Å². The molecule has 214 valence electrons. The number of fused-ring (bicyclic) bond motifs is 1. The van der Waals surface area contributed by atoms with Gasteiger partial charge in [-0.25, -0.2) is 9.59 Å². The monoisotopic (exact) mass is 570 g/mol. The van der Waals surface area contributed by atoms with Gasteiger partial charge >= 0.3 is 12.2 Å². The fraction of sp³-hybridized carbons (Fsp3) is 0.444. The number of amides is 3. The van der Waals surface area contributed by atoms with Crippen LogP contribution in [-0.2, 0) is 4.74 Å². The number of hydrogen-bond donors (Lipinski definition) is 4. The van der Waals surface area contributed by atoms with Gasteiger partial charge < -0.3 is 30.1 Å². The summed E-state index contributed by atoms with van der Waals surface area (Å²) in [5.41, 5.74) is 0.957. The molecule has 1 aliphatic rings. The molecule has 3 aromatic rings. The number of pyridine rings is 2. The van der Waals surface area contributed by atoms with E-state index in [0.29, 0.717) is 40.4 Å². The highest BCUT2D eigenvalue weighted by Crippen LogP contribution is 2.41. The Morgan fingerprint density at radius 3 is 2.65 bits per heavy atom. The molecule has 4 rings (SSSR count). The number of thiophene rings is 1. The summed E-state index contributed by atoms with van der Waals surface area (Å²) in [7, 11) is 0. The average molecular weight is 571 g/mol. The van der Waals surface area contributed by atoms with Crippen LogP contribution in [0.5, 0.6) is 5.75 Å². The van der Waals surface area contributed by atoms with Crippen molar-refractivity contribution >= 4 is 56.0 Å². The number of hydrogen-bond acceptors (Lipinski definition) is 9. The lowest BCUT2D eigenvalue weighted by Gasteiger charge is -2.35. The van der Waals surface area contributed by atoms with E-state index in [1.54, 1.807) is 45.3 Å². The Balaban J connectivity index is 1.69. The van der Waals surface area contributed by atoms with Crippen molar-refractivity contribution in [3.8, 4) is 5.75 Å². The predicted molar refractivity (Wildman–Crippen MR) is 154 cm³/mol. The van der Waals surface area contributed by atoms with Gasteiger partial charge in [-0.15, -0.1) is 11.3 Å². The van der Waals surface area contributed by atoms with Crippen LogP contribution in [-0.4, -0.2) is 64.0 Å². The maximum Gasteiger partial charge on any atom is 0.412 e. The fourth-order valence-electron chi connectivity index (χ4n) is 4.44. The molecule has 0 bridgehead atoms. The Morgan fingerprint density at radius 2 is 1.95 bits per heavy atom. The van der Waals surface area contributed by atoms with Crippen molar-refractivity contribution in [3.05, 3.63) is 36.3 Å². The van der Waals surface area contributed by atoms with E-state index in [1.807, 2.05) is 18.7 Å². The summed E-state index contributed by atoms with van der Waals surface area (Å²) in [5, 5.41) is 17.6. The molecule has 4 N–H and O–H groups in total. The molecule has 0 aliphatic carbocycles. The lowest BCUT2D eigenvalue weighted by molar-refractivity contribution is 0.0636. The molecule has 0 aromatic carbocycles. The zero-order valence-corrected chi connectivity index (χ0v) is 23.9. The predicted octanol–water partition coefficient (Wildman–Crippen LogP) is 5.31. The second-order valence-corrected chi connectivity index (χ2v) is 11.7. The highest BCUT2D eigenvalue weighted by Gasteiger charge is 2.28. The van der Waals surface area contributed by atoms with Gasteiger partial charge in [0.15, 0.2) is 0 Å². The first kappa shape index (κ1) is 28.9. The van der Waals surface area contributed by atoms with Gasteiger partial charge in [-0.3, -0.25) is 20.1 Å². The summed E-state index contributed by atoms with van der Waals surface area (Å²) in [6, 6.07) is 3.25. The topological polar surface area (TPSA) is 155 Å². The third kappa shape index (κ3) is 7.08. The molecule has 40 heavy (non-hydrogen) atoms. The third-order valence-electron chi connectivity index (χ3n) is 5.88. The maximum atomic E-state index is 13.8. The Bertz CT molecular complexity index is 1400. The number of nitrogens with zero attached hydrogens (tertiary/aromatic N) is 3. The van der Waals surface area contributed by atoms with Gasteiger partial charge in [0.1, 0.15) is 21.9 Å². The number of piperidine rings is 1. The molecule has 0 saturated carbocycles. The summed E-state index contributed by atoms with van der Waals surface area (Å²) < 4.78 is 12.0. The molecule has 12 nitrogen and oxygen atoms in total. The van der Waals surface area contributed by atoms with E-state index in [4.69, 9.17) is 14.6 Å². The van der Waals surface area contributed by atoms with E-state index in [1.165, 1.54) is 17.5 Å². The molecule has 0 radical (unpaired) electrons. The largest absolute Gasteiger partial charge is 0.489 e. The van der Waals surface area contributed by atoms with Crippen LogP contribution in [0.15, 0.2) is 30.7 Å². The summed E-state index contributed by atoms with van der Waals surface area (Å²) in [5.74, 6) is 0.0432. The lowest BCUT2D eigenvalue weighted by atomic mass is 10.0. The summed E-state index contributed by atoms with van der Waals surface area (Å²) in [6.07, 6.45) is 4.33. The van der Waals surface area contributed by atoms with Crippen molar-refractivity contribution in [1.29, 1.82) is 0 Å². The molecule has 1 fully saturated rings. The Labute approximate surface area is 236 Å². The minimum Gasteiger partial charge on any atom is -0.489 e. The van der Waals surface area contributed by atoms with E-state index in [0.717, 1.165) is 12.8 Å². The van der Waals surface area contributed by atoms with Gasteiger partial charge in [0.05, 0.1) is 33.9 Å². The van der Waals surface area contributed by atoms with Crippen molar-refractivity contribution in [2.24, 2.45) is 0 Å². The van der Waals surface area contributed by atoms with E-state index < -0.39 is 23.7 Å². The minimum absolute atomic E-state index is 0.117. The van der Waals surface area contributed by atoms with Crippen LogP contribution in [0.2, 0.25) is 0 Å². The normalized spacial score (nSPS) is 15.6. The fourth-order valence-corrected chi connectivity index (χ4v) is 5.54. The zero-order chi connectivity index (χ0) is 29.0. The van der Waals surface area contributed by atoms with Crippen LogP contribution in [0.1, 0.15) is 57.8 Å². The molecule has 1 aliphatic heterocycles. The van der Waals surface area contributed by atoms with Gasteiger partial charge in [0.2, 0.25) is 0 Å². The first-order valence-electron chi connectivity index (χ1n) is 13.0. The third-order valence-corrected chi connectivity index (χ3v) is 6.99. The number of carbonyl (C=O) groups excluding carboxylic acids is 2. The maximum absolute atomic E-state index is 13.8. The van der Waals surface area contributed by atoms with Gasteiger partial charge in [0, 0.05) is 31.5 Å². The molecule has 1 saturated heterocycles. The smallest absolute Gasteiger partial charge is 0.412 e. The molecule has 13 heteroatoms. The number of ether oxygens (including phenoxy) is 2. The van der Waals surface area contributed by atoms with Crippen LogP contribution in [0.3, 0.4) is 0 Å². The molecule has 0 spiro atoms. The van der Waals surface area contributed by atoms with E-state index in [-0.39, 0.29) is 22.7 Å². The first-order valence-corrected chi connectivity index (χ1v) is 13.8. The van der Waals surface area contributed by atoms with Crippen LogP contribution in [0.25, 0.3) is 10.2 Å². The second kappa shape index (κ2) is 11.9.